The van der Waals surface area contributed by atoms with Gasteiger partial charge in [0, 0.05) is 20.0 Å². The molecule has 0 radical (unpaired) electrons. The van der Waals surface area contributed by atoms with Gasteiger partial charge in [-0.15, -0.1) is 5.10 Å². The van der Waals surface area contributed by atoms with Gasteiger partial charge in [0.1, 0.15) is 18.1 Å². The minimum Gasteiger partial charge on any atom is -0.487 e. The molecule has 0 aliphatic heterocycles. The minimum atomic E-state index is 0.0154. The van der Waals surface area contributed by atoms with E-state index in [1.54, 1.807) is 9.36 Å². The molecule has 3 aromatic rings. The Hall–Kier alpha value is -3.16. The van der Waals surface area contributed by atoms with Crippen molar-refractivity contribution in [2.75, 3.05) is 0 Å². The van der Waals surface area contributed by atoms with Crippen LogP contribution in [0.2, 0.25) is 0 Å². The van der Waals surface area contributed by atoms with E-state index in [1.165, 1.54) is 0 Å². The molecule has 2 aromatic heterocycles. The Labute approximate surface area is 158 Å². The van der Waals surface area contributed by atoms with Crippen molar-refractivity contribution in [3.8, 4) is 5.75 Å². The number of nitrogens with zero attached hydrogens (tertiary/aromatic N) is 5. The molecule has 1 aromatic carbocycles. The van der Waals surface area contributed by atoms with Crippen LogP contribution in [0.4, 0.5) is 0 Å². The maximum atomic E-state index is 12.0. The molecular weight excluding hydrogens is 344 g/mol. The van der Waals surface area contributed by atoms with Gasteiger partial charge in [0.05, 0.1) is 24.1 Å². The number of aromatic nitrogens is 5. The second kappa shape index (κ2) is 8.98. The molecule has 142 valence electrons. The minimum absolute atomic E-state index is 0.0154. The van der Waals surface area contributed by atoms with Crippen LogP contribution in [0.25, 0.3) is 0 Å². The summed E-state index contributed by atoms with van der Waals surface area (Å²) in [6, 6.07) is 11.6. The monoisotopic (exact) mass is 368 g/mol. The second-order valence-corrected chi connectivity index (χ2v) is 6.36. The van der Waals surface area contributed by atoms with E-state index in [0.29, 0.717) is 32.5 Å². The van der Waals surface area contributed by atoms with Crippen LogP contribution in [0, 0.1) is 6.92 Å². The van der Waals surface area contributed by atoms with Crippen molar-refractivity contribution in [2.45, 2.75) is 39.5 Å². The third kappa shape index (κ3) is 5.67. The van der Waals surface area contributed by atoms with Crippen LogP contribution in [-0.4, -0.2) is 30.7 Å². The van der Waals surface area contributed by atoms with Crippen molar-refractivity contribution in [1.82, 2.24) is 30.1 Å². The van der Waals surface area contributed by atoms with E-state index in [2.05, 4.69) is 20.7 Å². The van der Waals surface area contributed by atoms with Crippen molar-refractivity contribution in [1.29, 1.82) is 0 Å². The molecule has 0 aliphatic rings. The number of nitrogens with one attached hydrogen (secondary N) is 1. The van der Waals surface area contributed by atoms with Gasteiger partial charge in [-0.3, -0.25) is 14.2 Å². The summed E-state index contributed by atoms with van der Waals surface area (Å²) in [4.78, 5) is 12.0. The molecule has 0 saturated carbocycles. The van der Waals surface area contributed by atoms with E-state index in [9.17, 15) is 4.79 Å². The lowest BCUT2D eigenvalue weighted by atomic mass is 10.3. The van der Waals surface area contributed by atoms with Crippen molar-refractivity contribution in [3.05, 3.63) is 59.7 Å². The molecule has 27 heavy (non-hydrogen) atoms. The Kier molecular flexibility index (Phi) is 6.19. The number of rotatable bonds is 9. The first kappa shape index (κ1) is 18.6. The van der Waals surface area contributed by atoms with E-state index in [1.807, 2.05) is 56.6 Å². The summed E-state index contributed by atoms with van der Waals surface area (Å²) in [7, 11) is 1.87. The lowest BCUT2D eigenvalue weighted by Gasteiger charge is -2.05. The molecule has 0 saturated heterocycles. The molecule has 0 fully saturated rings. The van der Waals surface area contributed by atoms with Crippen molar-refractivity contribution >= 4 is 5.91 Å². The zero-order chi connectivity index (χ0) is 19.1. The topological polar surface area (TPSA) is 86.9 Å². The Morgan fingerprint density at radius 1 is 1.26 bits per heavy atom. The number of hydrogen-bond acceptors (Lipinski definition) is 5. The Balaban J connectivity index is 1.36. The van der Waals surface area contributed by atoms with Crippen molar-refractivity contribution < 1.29 is 9.53 Å². The third-order valence-electron chi connectivity index (χ3n) is 4.07. The number of benzene rings is 1. The molecule has 3 rings (SSSR count). The first-order valence-electron chi connectivity index (χ1n) is 8.93. The van der Waals surface area contributed by atoms with Gasteiger partial charge in [0.25, 0.3) is 0 Å². The molecule has 2 heterocycles. The van der Waals surface area contributed by atoms with E-state index in [-0.39, 0.29) is 5.91 Å². The molecule has 0 spiro atoms. The predicted molar refractivity (Wildman–Crippen MR) is 99.8 cm³/mol. The molecule has 0 aliphatic carbocycles. The summed E-state index contributed by atoms with van der Waals surface area (Å²) >= 11 is 0. The van der Waals surface area contributed by atoms with Crippen LogP contribution in [0.3, 0.4) is 0 Å². The van der Waals surface area contributed by atoms with E-state index in [0.717, 1.165) is 22.8 Å². The molecule has 1 N–H and O–H groups in total. The zero-order valence-electron chi connectivity index (χ0n) is 15.6. The Morgan fingerprint density at radius 3 is 2.81 bits per heavy atom. The van der Waals surface area contributed by atoms with Gasteiger partial charge in [0.15, 0.2) is 0 Å². The fourth-order valence-corrected chi connectivity index (χ4v) is 2.70. The summed E-state index contributed by atoms with van der Waals surface area (Å²) in [5.74, 6) is 0.814. The first-order chi connectivity index (χ1) is 13.1. The quantitative estimate of drug-likeness (QED) is 0.624. The summed E-state index contributed by atoms with van der Waals surface area (Å²) < 4.78 is 9.17. The Bertz CT molecular complexity index is 871. The number of para-hydroxylation sites is 1. The number of carbonyl (C=O) groups excluding carboxylic acids is 1. The fourth-order valence-electron chi connectivity index (χ4n) is 2.70. The van der Waals surface area contributed by atoms with E-state index in [4.69, 9.17) is 4.74 Å². The van der Waals surface area contributed by atoms with Crippen LogP contribution in [-0.2, 0) is 31.5 Å². The van der Waals surface area contributed by atoms with Crippen molar-refractivity contribution in [2.24, 2.45) is 7.05 Å². The molecule has 1 amide bonds. The number of carbonyl (C=O) groups is 1. The van der Waals surface area contributed by atoms with Gasteiger partial charge in [-0.05, 0) is 31.5 Å². The standard InChI is InChI=1S/C19H24N6O2/c1-15-11-17(24(2)22-15)12-20-19(26)9-6-10-25-13-16(21-23-25)14-27-18-7-4-3-5-8-18/h3-5,7-8,11,13H,6,9-10,12,14H2,1-2H3,(H,20,26). The van der Waals surface area contributed by atoms with Crippen LogP contribution < -0.4 is 10.1 Å². The normalized spacial score (nSPS) is 10.7. The van der Waals surface area contributed by atoms with E-state index >= 15 is 0 Å². The average Bonchev–Trinajstić information content (AvgIpc) is 3.24. The maximum Gasteiger partial charge on any atom is 0.220 e. The van der Waals surface area contributed by atoms with Crippen molar-refractivity contribution in [3.63, 3.8) is 0 Å². The molecule has 0 atom stereocenters. The number of amides is 1. The van der Waals surface area contributed by atoms with Crippen LogP contribution in [0.5, 0.6) is 5.75 Å². The van der Waals surface area contributed by atoms with Crippen LogP contribution in [0.15, 0.2) is 42.6 Å². The molecule has 0 bridgehead atoms. The third-order valence-corrected chi connectivity index (χ3v) is 4.07. The fraction of sp³-hybridized carbons (Fsp3) is 0.368. The highest BCUT2D eigenvalue weighted by atomic mass is 16.5. The summed E-state index contributed by atoms with van der Waals surface area (Å²) in [6.07, 6.45) is 2.98. The van der Waals surface area contributed by atoms with Gasteiger partial charge < -0.3 is 10.1 Å². The highest BCUT2D eigenvalue weighted by Gasteiger charge is 2.07. The largest absolute Gasteiger partial charge is 0.487 e. The highest BCUT2D eigenvalue weighted by Crippen LogP contribution is 2.10. The van der Waals surface area contributed by atoms with Gasteiger partial charge in [-0.2, -0.15) is 5.10 Å². The predicted octanol–water partition coefficient (Wildman–Crippen LogP) is 2.00. The maximum absolute atomic E-state index is 12.0. The van der Waals surface area contributed by atoms with Gasteiger partial charge in [-0.1, -0.05) is 23.4 Å². The zero-order valence-corrected chi connectivity index (χ0v) is 15.6. The number of hydrogen-bond donors (Lipinski definition) is 1. The molecular formula is C19H24N6O2. The Morgan fingerprint density at radius 2 is 2.07 bits per heavy atom. The second-order valence-electron chi connectivity index (χ2n) is 6.36. The summed E-state index contributed by atoms with van der Waals surface area (Å²) in [5.41, 5.74) is 2.69. The lowest BCUT2D eigenvalue weighted by Crippen LogP contribution is -2.24. The molecule has 0 unspecified atom stereocenters. The SMILES string of the molecule is Cc1cc(CNC(=O)CCCn2cc(COc3ccccc3)nn2)n(C)n1. The van der Waals surface area contributed by atoms with E-state index < -0.39 is 0 Å². The number of ether oxygens (including phenoxy) is 1. The molecule has 8 heteroatoms. The van der Waals surface area contributed by atoms with Gasteiger partial charge in [0.2, 0.25) is 5.91 Å². The first-order valence-corrected chi connectivity index (χ1v) is 8.93. The molecule has 8 nitrogen and oxygen atoms in total. The van der Waals surface area contributed by atoms with Gasteiger partial charge >= 0.3 is 0 Å². The highest BCUT2D eigenvalue weighted by molar-refractivity contribution is 5.75. The summed E-state index contributed by atoms with van der Waals surface area (Å²) in [5, 5.41) is 15.4. The smallest absolute Gasteiger partial charge is 0.220 e. The summed E-state index contributed by atoms with van der Waals surface area (Å²) in [6.45, 7) is 3.42. The average molecular weight is 368 g/mol. The lowest BCUT2D eigenvalue weighted by molar-refractivity contribution is -0.121. The van der Waals surface area contributed by atoms with Crippen LogP contribution >= 0.6 is 0 Å². The van der Waals surface area contributed by atoms with Gasteiger partial charge in [-0.25, -0.2) is 0 Å². The number of aryl methyl sites for hydroxylation is 3. The van der Waals surface area contributed by atoms with Crippen LogP contribution in [0.1, 0.15) is 29.9 Å².